The Morgan fingerprint density at radius 2 is 1.86 bits per heavy atom. The monoisotopic (exact) mass is 395 g/mol. The Morgan fingerprint density at radius 1 is 1.18 bits per heavy atom. The van der Waals surface area contributed by atoms with Crippen LogP contribution in [-0.2, 0) is 14.3 Å². The van der Waals surface area contributed by atoms with Gasteiger partial charge in [-0.3, -0.25) is 19.5 Å². The maximum absolute atomic E-state index is 12.8. The Balaban J connectivity index is 1.78. The third-order valence-corrected chi connectivity index (χ3v) is 4.25. The van der Waals surface area contributed by atoms with Gasteiger partial charge in [0.25, 0.3) is 5.91 Å². The highest BCUT2D eigenvalue weighted by Gasteiger charge is 2.38. The number of hydrogen-bond donors (Lipinski definition) is 1. The summed E-state index contributed by atoms with van der Waals surface area (Å²) >= 11 is 5.14. The van der Waals surface area contributed by atoms with Crippen LogP contribution in [0.2, 0.25) is 0 Å². The summed E-state index contributed by atoms with van der Waals surface area (Å²) in [6.45, 7) is 2.02. The standard InChI is InChI=1S/C20H17N3O4S/c1-2-27-19(26)13-8-10-14(11-9-13)21-12-16-17(24)22-20(28)23(18(16)25)15-6-4-3-5-7-15/h3-12,16H,2H2,1H3,(H,22,24,28)/t16-/m0/s1. The van der Waals surface area contributed by atoms with Gasteiger partial charge in [0.05, 0.1) is 23.5 Å². The molecular weight excluding hydrogens is 378 g/mol. The molecule has 1 fully saturated rings. The van der Waals surface area contributed by atoms with E-state index in [1.54, 1.807) is 55.5 Å². The molecule has 0 radical (unpaired) electrons. The van der Waals surface area contributed by atoms with Gasteiger partial charge in [-0.15, -0.1) is 0 Å². The van der Waals surface area contributed by atoms with E-state index in [-0.39, 0.29) is 11.7 Å². The summed E-state index contributed by atoms with van der Waals surface area (Å²) in [5.41, 5.74) is 1.45. The van der Waals surface area contributed by atoms with Crippen molar-refractivity contribution < 1.29 is 19.1 Å². The SMILES string of the molecule is CCOC(=O)c1ccc(N=C[C@H]2C(=O)NC(=S)N(c3ccccc3)C2=O)cc1. The Labute approximate surface area is 167 Å². The molecule has 1 aliphatic rings. The summed E-state index contributed by atoms with van der Waals surface area (Å²) in [6, 6.07) is 15.2. The molecule has 2 amide bonds. The third-order valence-electron chi connectivity index (χ3n) is 3.97. The molecule has 8 heteroatoms. The number of amides is 2. The van der Waals surface area contributed by atoms with Crippen molar-refractivity contribution in [2.75, 3.05) is 11.5 Å². The number of nitrogens with one attached hydrogen (secondary N) is 1. The molecule has 1 aliphatic heterocycles. The molecule has 0 aromatic heterocycles. The summed E-state index contributed by atoms with van der Waals surface area (Å²) in [5.74, 6) is -2.55. The fourth-order valence-corrected chi connectivity index (χ4v) is 2.90. The zero-order chi connectivity index (χ0) is 20.1. The Hall–Kier alpha value is -3.39. The van der Waals surface area contributed by atoms with Crippen LogP contribution in [0, 0.1) is 5.92 Å². The van der Waals surface area contributed by atoms with E-state index in [2.05, 4.69) is 10.3 Å². The van der Waals surface area contributed by atoms with Crippen LogP contribution >= 0.6 is 12.2 Å². The van der Waals surface area contributed by atoms with Crippen molar-refractivity contribution in [3.05, 3.63) is 60.2 Å². The van der Waals surface area contributed by atoms with Crippen molar-refractivity contribution in [3.63, 3.8) is 0 Å². The van der Waals surface area contributed by atoms with Crippen LogP contribution in [0.5, 0.6) is 0 Å². The van der Waals surface area contributed by atoms with E-state index in [1.165, 1.54) is 11.1 Å². The minimum atomic E-state index is -1.11. The van der Waals surface area contributed by atoms with Crippen molar-refractivity contribution in [2.24, 2.45) is 10.9 Å². The quantitative estimate of drug-likeness (QED) is 0.364. The molecule has 2 aromatic rings. The van der Waals surface area contributed by atoms with E-state index in [9.17, 15) is 14.4 Å². The lowest BCUT2D eigenvalue weighted by Crippen LogP contribution is -2.58. The number of thiocarbonyl (C=S) groups is 1. The van der Waals surface area contributed by atoms with Gasteiger partial charge in [-0.25, -0.2) is 4.79 Å². The van der Waals surface area contributed by atoms with Crippen LogP contribution in [0.4, 0.5) is 11.4 Å². The Morgan fingerprint density at radius 3 is 2.50 bits per heavy atom. The summed E-state index contributed by atoms with van der Waals surface area (Å²) in [6.07, 6.45) is 1.27. The average molecular weight is 395 g/mol. The fraction of sp³-hybridized carbons (Fsp3) is 0.150. The molecule has 2 aromatic carbocycles. The zero-order valence-electron chi connectivity index (χ0n) is 15.0. The first-order chi connectivity index (χ1) is 13.5. The van der Waals surface area contributed by atoms with Gasteiger partial charge >= 0.3 is 5.97 Å². The normalized spacial score (nSPS) is 17.0. The second-order valence-corrected chi connectivity index (χ2v) is 6.21. The van der Waals surface area contributed by atoms with Gasteiger partial charge in [0, 0.05) is 6.21 Å². The third kappa shape index (κ3) is 4.12. The van der Waals surface area contributed by atoms with E-state index < -0.39 is 23.7 Å². The number of carbonyl (C=O) groups excluding carboxylic acids is 3. The van der Waals surface area contributed by atoms with E-state index in [0.29, 0.717) is 16.9 Å². The van der Waals surface area contributed by atoms with Crippen LogP contribution < -0.4 is 10.2 Å². The molecule has 28 heavy (non-hydrogen) atoms. The minimum Gasteiger partial charge on any atom is -0.462 e. The van der Waals surface area contributed by atoms with Crippen molar-refractivity contribution in [1.82, 2.24) is 5.32 Å². The number of aliphatic imine (C=N–C) groups is 1. The number of rotatable bonds is 5. The molecule has 1 saturated heterocycles. The largest absolute Gasteiger partial charge is 0.462 e. The number of hydrogen-bond acceptors (Lipinski definition) is 6. The molecule has 1 heterocycles. The Kier molecular flexibility index (Phi) is 5.90. The number of para-hydroxylation sites is 1. The summed E-state index contributed by atoms with van der Waals surface area (Å²) < 4.78 is 4.92. The predicted molar refractivity (Wildman–Crippen MR) is 109 cm³/mol. The van der Waals surface area contributed by atoms with E-state index in [0.717, 1.165) is 0 Å². The van der Waals surface area contributed by atoms with Gasteiger partial charge in [-0.1, -0.05) is 18.2 Å². The van der Waals surface area contributed by atoms with E-state index in [4.69, 9.17) is 17.0 Å². The summed E-state index contributed by atoms with van der Waals surface area (Å²) in [5, 5.41) is 2.56. The summed E-state index contributed by atoms with van der Waals surface area (Å²) in [7, 11) is 0. The molecule has 0 unspecified atom stereocenters. The molecular formula is C20H17N3O4S. The molecule has 1 N–H and O–H groups in total. The average Bonchev–Trinajstić information content (AvgIpc) is 2.69. The number of ether oxygens (including phenoxy) is 1. The molecule has 7 nitrogen and oxygen atoms in total. The van der Waals surface area contributed by atoms with Crippen molar-refractivity contribution in [2.45, 2.75) is 6.92 Å². The molecule has 0 spiro atoms. The maximum Gasteiger partial charge on any atom is 0.338 e. The fourth-order valence-electron chi connectivity index (χ4n) is 2.60. The lowest BCUT2D eigenvalue weighted by atomic mass is 10.1. The number of carbonyl (C=O) groups is 3. The number of nitrogens with zero attached hydrogens (tertiary/aromatic N) is 2. The predicted octanol–water partition coefficient (Wildman–Crippen LogP) is 2.63. The Bertz CT molecular complexity index is 942. The lowest BCUT2D eigenvalue weighted by Gasteiger charge is -2.30. The van der Waals surface area contributed by atoms with E-state index >= 15 is 0 Å². The minimum absolute atomic E-state index is 0.0321. The first-order valence-electron chi connectivity index (χ1n) is 8.56. The van der Waals surface area contributed by atoms with Crippen molar-refractivity contribution in [1.29, 1.82) is 0 Å². The van der Waals surface area contributed by atoms with Gasteiger partial charge in [0.1, 0.15) is 0 Å². The molecule has 0 saturated carbocycles. The molecule has 0 bridgehead atoms. The van der Waals surface area contributed by atoms with Gasteiger partial charge in [-0.2, -0.15) is 0 Å². The van der Waals surface area contributed by atoms with Crippen molar-refractivity contribution in [3.8, 4) is 0 Å². The first kappa shape index (κ1) is 19.4. The van der Waals surface area contributed by atoms with Gasteiger partial charge < -0.3 is 10.1 Å². The van der Waals surface area contributed by atoms with Crippen LogP contribution in [-0.4, -0.2) is 35.7 Å². The lowest BCUT2D eigenvalue weighted by molar-refractivity contribution is -0.130. The van der Waals surface area contributed by atoms with Crippen LogP contribution in [0.3, 0.4) is 0 Å². The molecule has 3 rings (SSSR count). The number of anilines is 1. The highest BCUT2D eigenvalue weighted by Crippen LogP contribution is 2.21. The molecule has 1 atom stereocenters. The zero-order valence-corrected chi connectivity index (χ0v) is 15.8. The van der Waals surface area contributed by atoms with E-state index in [1.807, 2.05) is 6.07 Å². The van der Waals surface area contributed by atoms with Gasteiger partial charge in [0.15, 0.2) is 11.0 Å². The number of esters is 1. The van der Waals surface area contributed by atoms with Crippen LogP contribution in [0.1, 0.15) is 17.3 Å². The maximum atomic E-state index is 12.8. The number of benzene rings is 2. The topological polar surface area (TPSA) is 88.1 Å². The van der Waals surface area contributed by atoms with Gasteiger partial charge in [0.2, 0.25) is 5.91 Å². The molecule has 0 aliphatic carbocycles. The molecule has 142 valence electrons. The summed E-state index contributed by atoms with van der Waals surface area (Å²) in [4.78, 5) is 42.2. The second-order valence-electron chi connectivity index (χ2n) is 5.83. The highest BCUT2D eigenvalue weighted by atomic mass is 32.1. The smallest absolute Gasteiger partial charge is 0.338 e. The van der Waals surface area contributed by atoms with Crippen LogP contribution in [0.25, 0.3) is 0 Å². The second kappa shape index (κ2) is 8.53. The first-order valence-corrected chi connectivity index (χ1v) is 8.97. The van der Waals surface area contributed by atoms with Crippen molar-refractivity contribution >= 4 is 52.7 Å². The van der Waals surface area contributed by atoms with Gasteiger partial charge in [-0.05, 0) is 55.5 Å². The highest BCUT2D eigenvalue weighted by molar-refractivity contribution is 7.80. The van der Waals surface area contributed by atoms with Crippen LogP contribution in [0.15, 0.2) is 59.6 Å².